The Hall–Kier alpha value is -0.980. The number of hydrogen-bond acceptors (Lipinski definition) is 5. The standard InChI is InChI=1S/C16H18O3S2/c1-17-11-13-7-3-5-9-15(13)20-19-21-16-10-6-4-8-14(16)12-18-2/h3-10H,11-12H2,1-2H3. The average molecular weight is 322 g/mol. The molecule has 0 aliphatic carbocycles. The molecule has 21 heavy (non-hydrogen) atoms. The van der Waals surface area contributed by atoms with Crippen molar-refractivity contribution < 1.29 is 13.1 Å². The second-order valence-electron chi connectivity index (χ2n) is 4.32. The number of rotatable bonds is 8. The summed E-state index contributed by atoms with van der Waals surface area (Å²) in [5.74, 6) is 0. The molecule has 0 amide bonds. The van der Waals surface area contributed by atoms with Gasteiger partial charge in [0.1, 0.15) is 0 Å². The highest BCUT2D eigenvalue weighted by atomic mass is 32.2. The maximum absolute atomic E-state index is 5.70. The second-order valence-corrected chi connectivity index (χ2v) is 6.07. The van der Waals surface area contributed by atoms with Crippen LogP contribution >= 0.6 is 24.1 Å². The average Bonchev–Trinajstić information content (AvgIpc) is 2.51. The van der Waals surface area contributed by atoms with Crippen LogP contribution < -0.4 is 0 Å². The normalized spacial score (nSPS) is 10.8. The van der Waals surface area contributed by atoms with Crippen LogP contribution in [0.1, 0.15) is 11.1 Å². The Labute approximate surface area is 134 Å². The zero-order valence-corrected chi connectivity index (χ0v) is 13.7. The van der Waals surface area contributed by atoms with Gasteiger partial charge in [-0.15, -0.1) is 0 Å². The first kappa shape index (κ1) is 16.4. The first-order valence-corrected chi connectivity index (χ1v) is 7.98. The Balaban J connectivity index is 1.95. The Morgan fingerprint density at radius 1 is 0.714 bits per heavy atom. The van der Waals surface area contributed by atoms with Crippen LogP contribution in [0.3, 0.4) is 0 Å². The summed E-state index contributed by atoms with van der Waals surface area (Å²) in [5.41, 5.74) is 2.24. The number of benzene rings is 2. The summed E-state index contributed by atoms with van der Waals surface area (Å²) in [4.78, 5) is 2.13. The van der Waals surface area contributed by atoms with Gasteiger partial charge in [0.15, 0.2) is 0 Å². The van der Waals surface area contributed by atoms with E-state index in [1.807, 2.05) is 48.5 Å². The monoisotopic (exact) mass is 322 g/mol. The highest BCUT2D eigenvalue weighted by Gasteiger charge is 2.06. The van der Waals surface area contributed by atoms with Crippen LogP contribution in [0.5, 0.6) is 0 Å². The molecule has 0 fully saturated rings. The molecule has 0 N–H and O–H groups in total. The van der Waals surface area contributed by atoms with Crippen molar-refractivity contribution in [2.45, 2.75) is 23.0 Å². The summed E-state index contributed by atoms with van der Waals surface area (Å²) in [6, 6.07) is 16.1. The minimum Gasteiger partial charge on any atom is -0.380 e. The van der Waals surface area contributed by atoms with E-state index in [-0.39, 0.29) is 0 Å². The molecule has 0 saturated carbocycles. The van der Waals surface area contributed by atoms with E-state index in [4.69, 9.17) is 13.1 Å². The summed E-state index contributed by atoms with van der Waals surface area (Å²) in [7, 11) is 3.39. The molecular weight excluding hydrogens is 304 g/mol. The second kappa shape index (κ2) is 9.12. The molecule has 0 saturated heterocycles. The number of hydrogen-bond donors (Lipinski definition) is 0. The van der Waals surface area contributed by atoms with Gasteiger partial charge in [-0.1, -0.05) is 36.4 Å². The Kier molecular flexibility index (Phi) is 7.12. The summed E-state index contributed by atoms with van der Waals surface area (Å²) in [5, 5.41) is 0. The predicted octanol–water partition coefficient (Wildman–Crippen LogP) is 4.71. The molecule has 0 unspecified atom stereocenters. The molecule has 0 aliphatic heterocycles. The van der Waals surface area contributed by atoms with E-state index < -0.39 is 0 Å². The van der Waals surface area contributed by atoms with Gasteiger partial charge in [-0.3, -0.25) is 0 Å². The summed E-state index contributed by atoms with van der Waals surface area (Å²) in [6.45, 7) is 1.16. The number of methoxy groups -OCH3 is 2. The molecule has 0 radical (unpaired) electrons. The largest absolute Gasteiger partial charge is 0.380 e. The van der Waals surface area contributed by atoms with Crippen molar-refractivity contribution in [1.29, 1.82) is 0 Å². The first-order valence-electron chi connectivity index (χ1n) is 6.50. The Morgan fingerprint density at radius 2 is 1.14 bits per heavy atom. The van der Waals surface area contributed by atoms with Crippen LogP contribution in [0.15, 0.2) is 58.3 Å². The zero-order chi connectivity index (χ0) is 14.9. The van der Waals surface area contributed by atoms with E-state index in [1.165, 1.54) is 24.1 Å². The lowest BCUT2D eigenvalue weighted by Crippen LogP contribution is -1.91. The van der Waals surface area contributed by atoms with Gasteiger partial charge in [0.25, 0.3) is 0 Å². The lowest BCUT2D eigenvalue weighted by molar-refractivity contribution is 0.183. The van der Waals surface area contributed by atoms with E-state index in [9.17, 15) is 0 Å². The fourth-order valence-corrected chi connectivity index (χ4v) is 3.27. The van der Waals surface area contributed by atoms with Crippen LogP contribution in [0.2, 0.25) is 0 Å². The van der Waals surface area contributed by atoms with E-state index in [0.717, 1.165) is 20.9 Å². The molecule has 2 aromatic carbocycles. The quantitative estimate of drug-likeness (QED) is 0.656. The molecule has 0 spiro atoms. The highest BCUT2D eigenvalue weighted by Crippen LogP contribution is 2.33. The first-order chi connectivity index (χ1) is 10.3. The third-order valence-corrected chi connectivity index (χ3v) is 4.49. The van der Waals surface area contributed by atoms with Gasteiger partial charge in [0.2, 0.25) is 0 Å². The number of ether oxygens (including phenoxy) is 2. The van der Waals surface area contributed by atoms with Crippen LogP contribution in [-0.4, -0.2) is 14.2 Å². The van der Waals surface area contributed by atoms with Crippen LogP contribution in [0.25, 0.3) is 0 Å². The molecule has 2 rings (SSSR count). The SMILES string of the molecule is COCc1ccccc1SOSc1ccccc1COC. The predicted molar refractivity (Wildman–Crippen MR) is 87.1 cm³/mol. The smallest absolute Gasteiger partial charge is 0.0724 e. The van der Waals surface area contributed by atoms with Gasteiger partial charge in [-0.2, -0.15) is 0 Å². The van der Waals surface area contributed by atoms with Crippen LogP contribution in [-0.2, 0) is 26.3 Å². The molecule has 3 nitrogen and oxygen atoms in total. The zero-order valence-electron chi connectivity index (χ0n) is 12.1. The molecule has 0 aliphatic rings. The maximum Gasteiger partial charge on any atom is 0.0724 e. The molecule has 0 bridgehead atoms. The molecule has 2 aromatic rings. The van der Waals surface area contributed by atoms with Crippen molar-refractivity contribution in [2.24, 2.45) is 0 Å². The van der Waals surface area contributed by atoms with Crippen molar-refractivity contribution in [3.8, 4) is 0 Å². The lowest BCUT2D eigenvalue weighted by atomic mass is 10.2. The fraction of sp³-hybridized carbons (Fsp3) is 0.250. The van der Waals surface area contributed by atoms with Crippen molar-refractivity contribution in [2.75, 3.05) is 14.2 Å². The van der Waals surface area contributed by atoms with Crippen molar-refractivity contribution >= 4 is 24.1 Å². The van der Waals surface area contributed by atoms with E-state index >= 15 is 0 Å². The summed E-state index contributed by atoms with van der Waals surface area (Å²) < 4.78 is 16.1. The topological polar surface area (TPSA) is 27.7 Å². The Morgan fingerprint density at radius 3 is 1.57 bits per heavy atom. The Bertz CT molecular complexity index is 511. The van der Waals surface area contributed by atoms with E-state index in [0.29, 0.717) is 13.2 Å². The molecule has 5 heteroatoms. The third-order valence-electron chi connectivity index (χ3n) is 2.79. The van der Waals surface area contributed by atoms with Gasteiger partial charge in [-0.25, -0.2) is 3.63 Å². The van der Waals surface area contributed by atoms with Gasteiger partial charge >= 0.3 is 0 Å². The summed E-state index contributed by atoms with van der Waals surface area (Å²) >= 11 is 2.70. The van der Waals surface area contributed by atoms with Crippen LogP contribution in [0, 0.1) is 0 Å². The van der Waals surface area contributed by atoms with E-state index in [2.05, 4.69) is 0 Å². The third kappa shape index (κ3) is 5.05. The lowest BCUT2D eigenvalue weighted by Gasteiger charge is -2.09. The van der Waals surface area contributed by atoms with Crippen molar-refractivity contribution in [3.63, 3.8) is 0 Å². The fourth-order valence-electron chi connectivity index (χ4n) is 1.81. The van der Waals surface area contributed by atoms with Gasteiger partial charge in [0.05, 0.1) is 13.2 Å². The van der Waals surface area contributed by atoms with Crippen molar-refractivity contribution in [1.82, 2.24) is 0 Å². The molecule has 0 aromatic heterocycles. The van der Waals surface area contributed by atoms with Gasteiger partial charge in [-0.05, 0) is 23.3 Å². The molecular formula is C16H18O3S2. The molecule has 0 heterocycles. The van der Waals surface area contributed by atoms with Gasteiger partial charge in [0, 0.05) is 48.1 Å². The van der Waals surface area contributed by atoms with Crippen LogP contribution in [0.4, 0.5) is 0 Å². The van der Waals surface area contributed by atoms with Crippen molar-refractivity contribution in [3.05, 3.63) is 59.7 Å². The molecule has 0 atom stereocenters. The minimum atomic E-state index is 0.581. The minimum absolute atomic E-state index is 0.581. The molecule has 112 valence electrons. The summed E-state index contributed by atoms with van der Waals surface area (Å²) in [6.07, 6.45) is 0. The maximum atomic E-state index is 5.70. The van der Waals surface area contributed by atoms with E-state index in [1.54, 1.807) is 14.2 Å². The van der Waals surface area contributed by atoms with Gasteiger partial charge < -0.3 is 9.47 Å². The highest BCUT2D eigenvalue weighted by molar-refractivity contribution is 8.08.